The van der Waals surface area contributed by atoms with Gasteiger partial charge in [0.05, 0.1) is 17.4 Å². The van der Waals surface area contributed by atoms with Gasteiger partial charge in [-0.1, -0.05) is 13.0 Å². The monoisotopic (exact) mass is 369 g/mol. The lowest BCUT2D eigenvalue weighted by atomic mass is 9.93. The van der Waals surface area contributed by atoms with Crippen LogP contribution in [-0.4, -0.2) is 35.5 Å². The van der Waals surface area contributed by atoms with E-state index < -0.39 is 34.9 Å². The van der Waals surface area contributed by atoms with E-state index in [9.17, 15) is 24.3 Å². The van der Waals surface area contributed by atoms with Crippen molar-refractivity contribution in [3.63, 3.8) is 0 Å². The van der Waals surface area contributed by atoms with Gasteiger partial charge in [0.2, 0.25) is 22.7 Å². The van der Waals surface area contributed by atoms with Crippen LogP contribution in [0.3, 0.4) is 0 Å². The number of allylic oxidation sites excluding steroid dienone is 2. The van der Waals surface area contributed by atoms with Crippen molar-refractivity contribution in [1.82, 2.24) is 5.32 Å². The SMILES string of the molecule is CCNCCCc1ccc2c(=O)c(O)c(C3=CC(=O)C(=O)CC3=O)oc2c1. The molecule has 0 amide bonds. The van der Waals surface area contributed by atoms with Crippen molar-refractivity contribution in [3.05, 3.63) is 45.8 Å². The van der Waals surface area contributed by atoms with E-state index in [1.807, 2.05) is 6.92 Å². The summed E-state index contributed by atoms with van der Waals surface area (Å²) in [6.45, 7) is 3.77. The predicted molar refractivity (Wildman–Crippen MR) is 98.6 cm³/mol. The quantitative estimate of drug-likeness (QED) is 0.451. The summed E-state index contributed by atoms with van der Waals surface area (Å²) in [5, 5.41) is 13.6. The lowest BCUT2D eigenvalue weighted by molar-refractivity contribution is -0.136. The molecule has 1 aliphatic rings. The van der Waals surface area contributed by atoms with E-state index >= 15 is 0 Å². The van der Waals surface area contributed by atoms with Crippen molar-refractivity contribution >= 4 is 33.9 Å². The molecule has 1 heterocycles. The van der Waals surface area contributed by atoms with Crippen LogP contribution in [0.4, 0.5) is 0 Å². The van der Waals surface area contributed by atoms with E-state index in [0.29, 0.717) is 0 Å². The van der Waals surface area contributed by atoms with E-state index in [4.69, 9.17) is 4.42 Å². The predicted octanol–water partition coefficient (Wildman–Crippen LogP) is 1.54. The minimum Gasteiger partial charge on any atom is -0.502 e. The zero-order valence-corrected chi connectivity index (χ0v) is 14.8. The molecule has 0 atom stereocenters. The lowest BCUT2D eigenvalue weighted by Gasteiger charge is -2.12. The zero-order chi connectivity index (χ0) is 19.6. The number of ketones is 3. The minimum absolute atomic E-state index is 0.179. The van der Waals surface area contributed by atoms with Gasteiger partial charge in [-0.25, -0.2) is 0 Å². The lowest BCUT2D eigenvalue weighted by Crippen LogP contribution is -2.23. The van der Waals surface area contributed by atoms with Gasteiger partial charge in [0, 0.05) is 6.08 Å². The number of aryl methyl sites for hydroxylation is 1. The second-order valence-electron chi connectivity index (χ2n) is 6.34. The maximum atomic E-state index is 12.4. The molecule has 0 radical (unpaired) electrons. The standard InChI is InChI=1S/C20H19NO6/c1-2-21-7-3-4-11-5-6-12-17(8-11)27-20(19(26)18(12)25)13-9-15(23)16(24)10-14(13)22/h5-6,8-9,21,26H,2-4,7,10H2,1H3. The minimum atomic E-state index is -0.857. The fourth-order valence-corrected chi connectivity index (χ4v) is 2.97. The van der Waals surface area contributed by atoms with Crippen LogP contribution in [0.1, 0.15) is 31.1 Å². The van der Waals surface area contributed by atoms with Gasteiger partial charge in [-0.2, -0.15) is 0 Å². The Bertz CT molecular complexity index is 1030. The number of Topliss-reactive ketones (excluding diaryl/α,β-unsaturated/α-hetero) is 2. The average Bonchev–Trinajstić information content (AvgIpc) is 2.65. The molecule has 27 heavy (non-hydrogen) atoms. The molecule has 0 fully saturated rings. The van der Waals surface area contributed by atoms with Crippen molar-refractivity contribution in [3.8, 4) is 5.75 Å². The highest BCUT2D eigenvalue weighted by Gasteiger charge is 2.31. The average molecular weight is 369 g/mol. The van der Waals surface area contributed by atoms with Crippen LogP contribution in [0, 0.1) is 0 Å². The molecule has 2 N–H and O–H groups in total. The van der Waals surface area contributed by atoms with Crippen LogP contribution < -0.4 is 10.7 Å². The third-order valence-corrected chi connectivity index (χ3v) is 4.42. The summed E-state index contributed by atoms with van der Waals surface area (Å²) in [6, 6.07) is 5.04. The van der Waals surface area contributed by atoms with Gasteiger partial charge in [0.15, 0.2) is 11.5 Å². The van der Waals surface area contributed by atoms with Crippen molar-refractivity contribution < 1.29 is 23.9 Å². The molecule has 1 aromatic carbocycles. The molecular formula is C20H19NO6. The van der Waals surface area contributed by atoms with E-state index in [2.05, 4.69) is 5.32 Å². The number of rotatable bonds is 6. The summed E-state index contributed by atoms with van der Waals surface area (Å²) < 4.78 is 5.62. The highest BCUT2D eigenvalue weighted by molar-refractivity contribution is 6.53. The van der Waals surface area contributed by atoms with Gasteiger partial charge in [0.25, 0.3) is 0 Å². The second-order valence-corrected chi connectivity index (χ2v) is 6.34. The Labute approximate surface area is 154 Å². The third kappa shape index (κ3) is 3.73. The fraction of sp³-hybridized carbons (Fsp3) is 0.300. The molecule has 140 valence electrons. The summed E-state index contributed by atoms with van der Waals surface area (Å²) in [4.78, 5) is 47.5. The number of hydrogen-bond donors (Lipinski definition) is 2. The molecular weight excluding hydrogens is 350 g/mol. The van der Waals surface area contributed by atoms with E-state index in [-0.39, 0.29) is 22.3 Å². The summed E-state index contributed by atoms with van der Waals surface area (Å²) in [5.74, 6) is -3.47. The van der Waals surface area contributed by atoms with Crippen molar-refractivity contribution in [1.29, 1.82) is 0 Å². The Kier molecular flexibility index (Phi) is 5.32. The molecule has 1 aliphatic carbocycles. The summed E-state index contributed by atoms with van der Waals surface area (Å²) >= 11 is 0. The van der Waals surface area contributed by atoms with Gasteiger partial charge in [-0.05, 0) is 43.6 Å². The molecule has 2 aromatic rings. The first kappa shape index (κ1) is 18.7. The molecule has 0 aliphatic heterocycles. The number of carbonyl (C=O) groups excluding carboxylic acids is 3. The number of hydrogen-bond acceptors (Lipinski definition) is 7. The molecule has 0 unspecified atom stereocenters. The van der Waals surface area contributed by atoms with Gasteiger partial charge in [0.1, 0.15) is 5.58 Å². The van der Waals surface area contributed by atoms with Crippen molar-refractivity contribution in [2.24, 2.45) is 0 Å². The number of nitrogens with one attached hydrogen (secondary N) is 1. The number of fused-ring (bicyclic) bond motifs is 1. The highest BCUT2D eigenvalue weighted by Crippen LogP contribution is 2.30. The summed E-state index contributed by atoms with van der Waals surface area (Å²) in [7, 11) is 0. The van der Waals surface area contributed by atoms with E-state index in [1.54, 1.807) is 18.2 Å². The summed E-state index contributed by atoms with van der Waals surface area (Å²) in [5.41, 5.74) is 0.208. The summed E-state index contributed by atoms with van der Waals surface area (Å²) in [6.07, 6.45) is 1.88. The molecule has 7 nitrogen and oxygen atoms in total. The topological polar surface area (TPSA) is 114 Å². The molecule has 3 rings (SSSR count). The Balaban J connectivity index is 2.04. The first-order valence-corrected chi connectivity index (χ1v) is 8.74. The number of aromatic hydroxyl groups is 1. The smallest absolute Gasteiger partial charge is 0.235 e. The zero-order valence-electron chi connectivity index (χ0n) is 14.8. The molecule has 1 aromatic heterocycles. The molecule has 0 saturated carbocycles. The van der Waals surface area contributed by atoms with Crippen LogP contribution in [0.5, 0.6) is 5.75 Å². The third-order valence-electron chi connectivity index (χ3n) is 4.42. The largest absolute Gasteiger partial charge is 0.502 e. The van der Waals surface area contributed by atoms with Gasteiger partial charge in [-0.3, -0.25) is 19.2 Å². The van der Waals surface area contributed by atoms with Crippen LogP contribution in [0.2, 0.25) is 0 Å². The maximum Gasteiger partial charge on any atom is 0.235 e. The van der Waals surface area contributed by atoms with Gasteiger partial charge in [-0.15, -0.1) is 0 Å². The van der Waals surface area contributed by atoms with Gasteiger partial charge < -0.3 is 14.8 Å². The Morgan fingerprint density at radius 2 is 1.93 bits per heavy atom. The number of carbonyl (C=O) groups is 3. The molecule has 0 bridgehead atoms. The molecule has 7 heteroatoms. The first-order chi connectivity index (χ1) is 12.9. The molecule has 0 saturated heterocycles. The van der Waals surface area contributed by atoms with Crippen molar-refractivity contribution in [2.75, 3.05) is 13.1 Å². The second kappa shape index (κ2) is 7.67. The van der Waals surface area contributed by atoms with Crippen LogP contribution in [0.25, 0.3) is 16.5 Å². The highest BCUT2D eigenvalue weighted by atomic mass is 16.4. The van der Waals surface area contributed by atoms with Crippen molar-refractivity contribution in [2.45, 2.75) is 26.2 Å². The maximum absolute atomic E-state index is 12.4. The first-order valence-electron chi connectivity index (χ1n) is 8.74. The van der Waals surface area contributed by atoms with E-state index in [0.717, 1.165) is 37.6 Å². The van der Waals surface area contributed by atoms with Crippen LogP contribution in [0.15, 0.2) is 33.5 Å². The van der Waals surface area contributed by atoms with Crippen LogP contribution >= 0.6 is 0 Å². The Morgan fingerprint density at radius 3 is 2.67 bits per heavy atom. The molecule has 0 spiro atoms. The Morgan fingerprint density at radius 1 is 1.15 bits per heavy atom. The van der Waals surface area contributed by atoms with Gasteiger partial charge >= 0.3 is 0 Å². The Hall–Kier alpha value is -3.06. The van der Waals surface area contributed by atoms with Crippen LogP contribution in [-0.2, 0) is 20.8 Å². The normalized spacial score (nSPS) is 14.7. The fourth-order valence-electron chi connectivity index (χ4n) is 2.97. The number of benzene rings is 1. The van der Waals surface area contributed by atoms with E-state index in [1.165, 1.54) is 0 Å².